The van der Waals surface area contributed by atoms with Crippen molar-refractivity contribution in [3.05, 3.63) is 34.9 Å². The molecule has 1 atom stereocenters. The number of aryl methyl sites for hydroxylation is 2. The maximum Gasteiger partial charge on any atom is 0.0771 e. The molecule has 1 unspecified atom stereocenters. The van der Waals surface area contributed by atoms with E-state index in [-0.39, 0.29) is 0 Å². The smallest absolute Gasteiger partial charge is 0.0771 e. The summed E-state index contributed by atoms with van der Waals surface area (Å²) < 4.78 is 0. The second kappa shape index (κ2) is 6.50. The maximum absolute atomic E-state index is 10.7. The van der Waals surface area contributed by atoms with E-state index in [1.165, 1.54) is 61.6 Å². The van der Waals surface area contributed by atoms with Crippen molar-refractivity contribution in [1.29, 1.82) is 0 Å². The average Bonchev–Trinajstić information content (AvgIpc) is 2.85. The second-order valence-electron chi connectivity index (χ2n) is 7.12. The Kier molecular flexibility index (Phi) is 4.66. The summed E-state index contributed by atoms with van der Waals surface area (Å²) in [6, 6.07) is 7.26. The van der Waals surface area contributed by atoms with Crippen molar-refractivity contribution >= 4 is 0 Å². The lowest BCUT2D eigenvalue weighted by Crippen LogP contribution is -2.41. The molecule has 0 bridgehead atoms. The van der Waals surface area contributed by atoms with Crippen molar-refractivity contribution < 1.29 is 5.11 Å². The second-order valence-corrected chi connectivity index (χ2v) is 7.12. The van der Waals surface area contributed by atoms with Gasteiger partial charge in [0.15, 0.2) is 0 Å². The summed E-state index contributed by atoms with van der Waals surface area (Å²) in [6.45, 7) is 2.95. The van der Waals surface area contributed by atoms with Gasteiger partial charge in [-0.2, -0.15) is 0 Å². The Morgan fingerprint density at radius 1 is 1.05 bits per heavy atom. The van der Waals surface area contributed by atoms with E-state index >= 15 is 0 Å². The Morgan fingerprint density at radius 3 is 2.52 bits per heavy atom. The molecule has 2 N–H and O–H groups in total. The van der Waals surface area contributed by atoms with E-state index in [4.69, 9.17) is 0 Å². The van der Waals surface area contributed by atoms with Crippen LogP contribution >= 0.6 is 0 Å². The lowest BCUT2D eigenvalue weighted by atomic mass is 9.93. The van der Waals surface area contributed by atoms with Crippen LogP contribution in [0.25, 0.3) is 0 Å². The molecule has 2 aliphatic rings. The first-order valence-electron chi connectivity index (χ1n) is 8.74. The van der Waals surface area contributed by atoms with Crippen LogP contribution in [-0.2, 0) is 12.8 Å². The van der Waals surface area contributed by atoms with Gasteiger partial charge in [-0.3, -0.25) is 0 Å². The quantitative estimate of drug-likeness (QED) is 0.823. The number of fused-ring (bicyclic) bond motifs is 1. The largest absolute Gasteiger partial charge is 0.389 e. The lowest BCUT2D eigenvalue weighted by Gasteiger charge is -2.29. The minimum Gasteiger partial charge on any atom is -0.389 e. The summed E-state index contributed by atoms with van der Waals surface area (Å²) >= 11 is 0. The first kappa shape index (κ1) is 15.1. The molecule has 0 amide bonds. The third-order valence-electron chi connectivity index (χ3n) is 5.39. The van der Waals surface area contributed by atoms with Crippen molar-refractivity contribution in [2.45, 2.75) is 76.4 Å². The minimum atomic E-state index is -0.485. The molecule has 0 heterocycles. The van der Waals surface area contributed by atoms with Gasteiger partial charge in [-0.25, -0.2) is 0 Å². The van der Waals surface area contributed by atoms with E-state index in [1.807, 2.05) is 0 Å². The topological polar surface area (TPSA) is 32.3 Å². The Bertz CT molecular complexity index is 474. The molecule has 0 aromatic heterocycles. The normalized spacial score (nSPS) is 22.6. The van der Waals surface area contributed by atoms with Gasteiger partial charge in [-0.1, -0.05) is 43.9 Å². The van der Waals surface area contributed by atoms with Crippen molar-refractivity contribution in [2.75, 3.05) is 6.54 Å². The zero-order valence-corrected chi connectivity index (χ0v) is 13.3. The first-order valence-corrected chi connectivity index (χ1v) is 8.74. The van der Waals surface area contributed by atoms with Crippen molar-refractivity contribution in [2.24, 2.45) is 0 Å². The van der Waals surface area contributed by atoms with E-state index in [2.05, 4.69) is 30.4 Å². The molecule has 2 aliphatic carbocycles. The van der Waals surface area contributed by atoms with Crippen LogP contribution in [0.4, 0.5) is 0 Å². The molecule has 1 fully saturated rings. The minimum absolute atomic E-state index is 0.322. The Hall–Kier alpha value is -0.860. The Labute approximate surface area is 129 Å². The van der Waals surface area contributed by atoms with E-state index in [1.54, 1.807) is 0 Å². The molecule has 0 aliphatic heterocycles. The molecular formula is C19H29NO. The molecule has 0 spiro atoms. The number of hydrogen-bond acceptors (Lipinski definition) is 2. The van der Waals surface area contributed by atoms with Gasteiger partial charge in [0.2, 0.25) is 0 Å². The molecule has 3 rings (SSSR count). The summed E-state index contributed by atoms with van der Waals surface area (Å²) in [5.41, 5.74) is 3.96. The number of rotatable bonds is 4. The van der Waals surface area contributed by atoms with Crippen molar-refractivity contribution in [3.8, 4) is 0 Å². The van der Waals surface area contributed by atoms with Gasteiger partial charge in [0.25, 0.3) is 0 Å². The summed E-state index contributed by atoms with van der Waals surface area (Å²) in [7, 11) is 0. The predicted octanol–water partition coefficient (Wildman–Crippen LogP) is 3.91. The van der Waals surface area contributed by atoms with Crippen molar-refractivity contribution in [1.82, 2.24) is 5.32 Å². The SMILES string of the molecule is CC(NCC1(O)CCCCCC1)c1ccc2c(c1)CCC2. The Balaban J connectivity index is 1.59. The van der Waals surface area contributed by atoms with Crippen LogP contribution in [0.3, 0.4) is 0 Å². The third-order valence-corrected chi connectivity index (χ3v) is 5.39. The highest BCUT2D eigenvalue weighted by Crippen LogP contribution is 2.28. The third kappa shape index (κ3) is 3.67. The highest BCUT2D eigenvalue weighted by molar-refractivity contribution is 5.36. The summed E-state index contributed by atoms with van der Waals surface area (Å²) in [5, 5.41) is 14.3. The fourth-order valence-electron chi connectivity index (χ4n) is 3.89. The summed E-state index contributed by atoms with van der Waals surface area (Å²) in [4.78, 5) is 0. The number of nitrogens with one attached hydrogen (secondary N) is 1. The van der Waals surface area contributed by atoms with Gasteiger partial charge in [0, 0.05) is 12.6 Å². The zero-order valence-electron chi connectivity index (χ0n) is 13.3. The predicted molar refractivity (Wildman–Crippen MR) is 87.5 cm³/mol. The molecule has 2 heteroatoms. The molecule has 1 aromatic carbocycles. The van der Waals surface area contributed by atoms with Gasteiger partial charge in [-0.05, 0) is 55.7 Å². The zero-order chi connectivity index (χ0) is 14.7. The Morgan fingerprint density at radius 2 is 1.76 bits per heavy atom. The van der Waals surface area contributed by atoms with E-state index in [0.717, 1.165) is 19.4 Å². The van der Waals surface area contributed by atoms with Crippen LogP contribution in [0.1, 0.15) is 74.6 Å². The van der Waals surface area contributed by atoms with Crippen LogP contribution in [0, 0.1) is 0 Å². The van der Waals surface area contributed by atoms with Crippen LogP contribution in [0.15, 0.2) is 18.2 Å². The van der Waals surface area contributed by atoms with Crippen LogP contribution in [0.2, 0.25) is 0 Å². The van der Waals surface area contributed by atoms with Crippen LogP contribution < -0.4 is 5.32 Å². The fourth-order valence-corrected chi connectivity index (χ4v) is 3.89. The van der Waals surface area contributed by atoms with E-state index in [9.17, 15) is 5.11 Å². The van der Waals surface area contributed by atoms with Crippen molar-refractivity contribution in [3.63, 3.8) is 0 Å². The fraction of sp³-hybridized carbons (Fsp3) is 0.684. The molecule has 1 saturated carbocycles. The van der Waals surface area contributed by atoms with Gasteiger partial charge >= 0.3 is 0 Å². The number of aliphatic hydroxyl groups is 1. The monoisotopic (exact) mass is 287 g/mol. The van der Waals surface area contributed by atoms with Crippen LogP contribution in [-0.4, -0.2) is 17.3 Å². The molecule has 1 aromatic rings. The molecule has 2 nitrogen and oxygen atoms in total. The van der Waals surface area contributed by atoms with E-state index < -0.39 is 5.60 Å². The summed E-state index contributed by atoms with van der Waals surface area (Å²) in [5.74, 6) is 0. The first-order chi connectivity index (χ1) is 10.2. The highest BCUT2D eigenvalue weighted by atomic mass is 16.3. The number of hydrogen-bond donors (Lipinski definition) is 2. The van der Waals surface area contributed by atoms with E-state index in [0.29, 0.717) is 6.04 Å². The van der Waals surface area contributed by atoms with Crippen LogP contribution in [0.5, 0.6) is 0 Å². The highest BCUT2D eigenvalue weighted by Gasteiger charge is 2.28. The van der Waals surface area contributed by atoms with Gasteiger partial charge in [0.05, 0.1) is 5.60 Å². The summed E-state index contributed by atoms with van der Waals surface area (Å²) in [6.07, 6.45) is 10.6. The average molecular weight is 287 g/mol. The van der Waals surface area contributed by atoms with Gasteiger partial charge in [0.1, 0.15) is 0 Å². The molecule has 0 saturated heterocycles. The van der Waals surface area contributed by atoms with Gasteiger partial charge in [-0.15, -0.1) is 0 Å². The lowest BCUT2D eigenvalue weighted by molar-refractivity contribution is 0.0231. The molecular weight excluding hydrogens is 258 g/mol. The molecule has 116 valence electrons. The molecule has 0 radical (unpaired) electrons. The van der Waals surface area contributed by atoms with Gasteiger partial charge < -0.3 is 10.4 Å². The number of benzene rings is 1. The molecule has 21 heavy (non-hydrogen) atoms. The maximum atomic E-state index is 10.7. The standard InChI is InChI=1S/C19H29NO/c1-15(17-10-9-16-7-6-8-18(16)13-17)20-14-19(21)11-4-2-3-5-12-19/h9-10,13,15,20-21H,2-8,11-12,14H2,1H3.